The van der Waals surface area contributed by atoms with Crippen molar-refractivity contribution in [3.8, 4) is 6.07 Å². The first-order chi connectivity index (χ1) is 12.6. The van der Waals surface area contributed by atoms with Gasteiger partial charge in [0.25, 0.3) is 5.69 Å². The lowest BCUT2D eigenvalue weighted by Crippen LogP contribution is -2.36. The van der Waals surface area contributed by atoms with Crippen molar-refractivity contribution in [2.24, 2.45) is 0 Å². The molecule has 0 spiro atoms. The van der Waals surface area contributed by atoms with Crippen molar-refractivity contribution >= 4 is 17.1 Å². The molecule has 0 aromatic heterocycles. The van der Waals surface area contributed by atoms with E-state index in [1.807, 2.05) is 18.2 Å². The Morgan fingerprint density at radius 2 is 1.92 bits per heavy atom. The van der Waals surface area contributed by atoms with E-state index in [0.29, 0.717) is 17.8 Å². The van der Waals surface area contributed by atoms with Gasteiger partial charge in [-0.25, -0.2) is 0 Å². The normalized spacial score (nSPS) is 13.9. The van der Waals surface area contributed by atoms with Gasteiger partial charge in [0.1, 0.15) is 5.69 Å². The number of anilines is 2. The molecule has 0 atom stereocenters. The average Bonchev–Trinajstić information content (AvgIpc) is 2.68. The lowest BCUT2D eigenvalue weighted by Gasteiger charge is -2.29. The predicted molar refractivity (Wildman–Crippen MR) is 99.4 cm³/mol. The number of hydrogen-bond acceptors (Lipinski definition) is 6. The molecule has 0 saturated carbocycles. The van der Waals surface area contributed by atoms with E-state index in [1.54, 1.807) is 18.0 Å². The molecule has 1 saturated heterocycles. The maximum Gasteiger partial charge on any atom is 0.292 e. The van der Waals surface area contributed by atoms with Crippen LogP contribution >= 0.6 is 0 Å². The number of hydrogen-bond donors (Lipinski definition) is 0. The van der Waals surface area contributed by atoms with E-state index in [1.165, 1.54) is 12.1 Å². The molecule has 1 aliphatic heterocycles. The average molecular weight is 352 g/mol. The Kier molecular flexibility index (Phi) is 5.34. The molecule has 0 N–H and O–H groups in total. The molecule has 0 bridgehead atoms. The quantitative estimate of drug-likeness (QED) is 0.608. The number of ether oxygens (including phenoxy) is 1. The van der Waals surface area contributed by atoms with Crippen LogP contribution < -0.4 is 9.80 Å². The van der Waals surface area contributed by atoms with Gasteiger partial charge in [0.15, 0.2) is 0 Å². The maximum absolute atomic E-state index is 11.3. The second kappa shape index (κ2) is 7.85. The highest BCUT2D eigenvalue weighted by molar-refractivity contribution is 5.65. The molecular weight excluding hydrogens is 332 g/mol. The summed E-state index contributed by atoms with van der Waals surface area (Å²) >= 11 is 0. The van der Waals surface area contributed by atoms with Gasteiger partial charge in [-0.2, -0.15) is 5.26 Å². The maximum atomic E-state index is 11.3. The fourth-order valence-electron chi connectivity index (χ4n) is 3.05. The van der Waals surface area contributed by atoms with Crippen LogP contribution in [0.5, 0.6) is 0 Å². The van der Waals surface area contributed by atoms with Crippen molar-refractivity contribution in [1.82, 2.24) is 0 Å². The van der Waals surface area contributed by atoms with Gasteiger partial charge in [0.2, 0.25) is 0 Å². The molecule has 7 heteroatoms. The summed E-state index contributed by atoms with van der Waals surface area (Å²) in [6.45, 7) is 3.75. The number of rotatable bonds is 5. The Morgan fingerprint density at radius 1 is 1.23 bits per heavy atom. The van der Waals surface area contributed by atoms with Gasteiger partial charge in [-0.3, -0.25) is 10.1 Å². The van der Waals surface area contributed by atoms with Gasteiger partial charge < -0.3 is 14.5 Å². The minimum Gasteiger partial charge on any atom is -0.378 e. The van der Waals surface area contributed by atoms with Crippen LogP contribution in [0, 0.1) is 21.4 Å². The Bertz CT molecular complexity index is 824. The summed E-state index contributed by atoms with van der Waals surface area (Å²) in [6.07, 6.45) is 0. The minimum atomic E-state index is -0.422. The van der Waals surface area contributed by atoms with E-state index in [4.69, 9.17) is 10.00 Å². The van der Waals surface area contributed by atoms with Crippen molar-refractivity contribution in [2.75, 3.05) is 43.2 Å². The molecule has 1 heterocycles. The third-order valence-electron chi connectivity index (χ3n) is 4.44. The summed E-state index contributed by atoms with van der Waals surface area (Å²) in [5.74, 6) is 0. The number of nitro benzene ring substituents is 1. The Hall–Kier alpha value is -3.11. The smallest absolute Gasteiger partial charge is 0.292 e. The lowest BCUT2D eigenvalue weighted by atomic mass is 10.1. The molecule has 2 aromatic rings. The largest absolute Gasteiger partial charge is 0.378 e. The van der Waals surface area contributed by atoms with E-state index >= 15 is 0 Å². The SMILES string of the molecule is CN(Cc1ccc(N2CCOCC2)cc1)c1cc(C#N)ccc1[N+](=O)[O-]. The summed E-state index contributed by atoms with van der Waals surface area (Å²) < 4.78 is 5.37. The fraction of sp³-hybridized carbons (Fsp3) is 0.316. The highest BCUT2D eigenvalue weighted by atomic mass is 16.6. The van der Waals surface area contributed by atoms with Gasteiger partial charge in [-0.1, -0.05) is 12.1 Å². The molecule has 3 rings (SSSR count). The van der Waals surface area contributed by atoms with Gasteiger partial charge in [0.05, 0.1) is 29.8 Å². The molecule has 0 radical (unpaired) electrons. The summed E-state index contributed by atoms with van der Waals surface area (Å²) in [6, 6.07) is 14.6. The van der Waals surface area contributed by atoms with Gasteiger partial charge >= 0.3 is 0 Å². The van der Waals surface area contributed by atoms with Crippen LogP contribution in [-0.4, -0.2) is 38.3 Å². The predicted octanol–water partition coefficient (Wildman–Crippen LogP) is 2.94. The Labute approximate surface area is 152 Å². The van der Waals surface area contributed by atoms with E-state index in [0.717, 1.165) is 37.6 Å². The van der Waals surface area contributed by atoms with Crippen LogP contribution in [-0.2, 0) is 11.3 Å². The highest BCUT2D eigenvalue weighted by Crippen LogP contribution is 2.29. The summed E-state index contributed by atoms with van der Waals surface area (Å²) in [5, 5.41) is 20.3. The first-order valence-corrected chi connectivity index (χ1v) is 8.40. The van der Waals surface area contributed by atoms with Crippen LogP contribution in [0.25, 0.3) is 0 Å². The zero-order chi connectivity index (χ0) is 18.5. The standard InChI is InChI=1S/C19H20N4O3/c1-21(19-12-16(13-20)4-7-18(19)23(24)25)14-15-2-5-17(6-3-15)22-8-10-26-11-9-22/h2-7,12H,8-11,14H2,1H3. The van der Waals surface area contributed by atoms with E-state index in [9.17, 15) is 10.1 Å². The van der Waals surface area contributed by atoms with Crippen molar-refractivity contribution in [2.45, 2.75) is 6.54 Å². The van der Waals surface area contributed by atoms with E-state index < -0.39 is 4.92 Å². The Morgan fingerprint density at radius 3 is 2.54 bits per heavy atom. The zero-order valence-corrected chi connectivity index (χ0v) is 14.6. The monoisotopic (exact) mass is 352 g/mol. The number of benzene rings is 2. The molecule has 1 fully saturated rings. The molecule has 0 aliphatic carbocycles. The molecule has 26 heavy (non-hydrogen) atoms. The molecular formula is C19H20N4O3. The minimum absolute atomic E-state index is 0.00330. The van der Waals surface area contributed by atoms with E-state index in [2.05, 4.69) is 17.0 Å². The summed E-state index contributed by atoms with van der Waals surface area (Å²) in [5.41, 5.74) is 3.03. The highest BCUT2D eigenvalue weighted by Gasteiger charge is 2.18. The van der Waals surface area contributed by atoms with Crippen LogP contribution in [0.15, 0.2) is 42.5 Å². The molecule has 2 aromatic carbocycles. The van der Waals surface area contributed by atoms with Crippen LogP contribution in [0.1, 0.15) is 11.1 Å². The second-order valence-electron chi connectivity index (χ2n) is 6.19. The third-order valence-corrected chi connectivity index (χ3v) is 4.44. The number of nitriles is 1. The lowest BCUT2D eigenvalue weighted by molar-refractivity contribution is -0.384. The number of nitro groups is 1. The second-order valence-corrected chi connectivity index (χ2v) is 6.19. The molecule has 1 aliphatic rings. The van der Waals surface area contributed by atoms with Gasteiger partial charge in [0, 0.05) is 38.4 Å². The summed E-state index contributed by atoms with van der Waals surface area (Å²) in [7, 11) is 1.79. The van der Waals surface area contributed by atoms with Crippen molar-refractivity contribution < 1.29 is 9.66 Å². The number of nitrogens with zero attached hydrogens (tertiary/aromatic N) is 4. The van der Waals surface area contributed by atoms with Crippen molar-refractivity contribution in [1.29, 1.82) is 5.26 Å². The molecule has 0 unspecified atom stereocenters. The molecule has 134 valence electrons. The number of morpholine rings is 1. The fourth-order valence-corrected chi connectivity index (χ4v) is 3.05. The summed E-state index contributed by atoms with van der Waals surface area (Å²) in [4.78, 5) is 14.9. The van der Waals surface area contributed by atoms with Crippen molar-refractivity contribution in [3.05, 3.63) is 63.7 Å². The van der Waals surface area contributed by atoms with Crippen LogP contribution in [0.2, 0.25) is 0 Å². The van der Waals surface area contributed by atoms with E-state index in [-0.39, 0.29) is 5.69 Å². The first kappa shape index (κ1) is 17.7. The first-order valence-electron chi connectivity index (χ1n) is 8.40. The van der Waals surface area contributed by atoms with Gasteiger partial charge in [-0.05, 0) is 29.8 Å². The van der Waals surface area contributed by atoms with Crippen LogP contribution in [0.4, 0.5) is 17.1 Å². The molecule has 7 nitrogen and oxygen atoms in total. The third kappa shape index (κ3) is 3.92. The van der Waals surface area contributed by atoms with Crippen molar-refractivity contribution in [3.63, 3.8) is 0 Å². The topological polar surface area (TPSA) is 82.6 Å². The zero-order valence-electron chi connectivity index (χ0n) is 14.6. The van der Waals surface area contributed by atoms with Gasteiger partial charge in [-0.15, -0.1) is 0 Å². The van der Waals surface area contributed by atoms with Crippen LogP contribution in [0.3, 0.4) is 0 Å². The Balaban J connectivity index is 1.76. The molecule has 0 amide bonds.